The van der Waals surface area contributed by atoms with Gasteiger partial charge in [0.05, 0.1) is 34.0 Å². The van der Waals surface area contributed by atoms with Gasteiger partial charge in [0.15, 0.2) is 18.1 Å². The summed E-state index contributed by atoms with van der Waals surface area (Å²) in [4.78, 5) is 24.3. The van der Waals surface area contributed by atoms with Crippen LogP contribution in [0.4, 0.5) is 0 Å². The van der Waals surface area contributed by atoms with Gasteiger partial charge in [0, 0.05) is 6.54 Å². The average molecular weight is 403 g/mol. The van der Waals surface area contributed by atoms with Gasteiger partial charge in [-0.3, -0.25) is 4.79 Å². The summed E-state index contributed by atoms with van der Waals surface area (Å²) in [6, 6.07) is 10.5. The second kappa shape index (κ2) is 10.8. The van der Waals surface area contributed by atoms with Gasteiger partial charge >= 0.3 is 5.97 Å². The van der Waals surface area contributed by atoms with Crippen LogP contribution in [-0.4, -0.2) is 53.5 Å². The summed E-state index contributed by atoms with van der Waals surface area (Å²) in [5.41, 5.74) is 1.16. The third-order valence-electron chi connectivity index (χ3n) is 4.14. The van der Waals surface area contributed by atoms with Crippen molar-refractivity contribution in [1.82, 2.24) is 5.32 Å². The van der Waals surface area contributed by atoms with E-state index in [1.807, 2.05) is 24.3 Å². The van der Waals surface area contributed by atoms with Crippen molar-refractivity contribution in [3.8, 4) is 23.0 Å². The molecule has 8 nitrogen and oxygen atoms in total. The van der Waals surface area contributed by atoms with Gasteiger partial charge in [-0.25, -0.2) is 4.79 Å². The number of carbonyl (C=O) groups excluding carboxylic acids is 2. The van der Waals surface area contributed by atoms with Crippen LogP contribution in [-0.2, 0) is 16.0 Å². The van der Waals surface area contributed by atoms with Crippen molar-refractivity contribution in [3.05, 3.63) is 47.5 Å². The van der Waals surface area contributed by atoms with Crippen LogP contribution in [0.2, 0.25) is 0 Å². The molecule has 2 aromatic rings. The fraction of sp³-hybridized carbons (Fsp3) is 0.333. The van der Waals surface area contributed by atoms with Crippen molar-refractivity contribution in [2.24, 2.45) is 0 Å². The number of hydrogen-bond acceptors (Lipinski definition) is 7. The van der Waals surface area contributed by atoms with E-state index in [9.17, 15) is 9.59 Å². The van der Waals surface area contributed by atoms with Gasteiger partial charge in [-0.1, -0.05) is 18.2 Å². The first-order valence-corrected chi connectivity index (χ1v) is 8.89. The Kier molecular flexibility index (Phi) is 8.14. The molecule has 2 aromatic carbocycles. The van der Waals surface area contributed by atoms with Crippen molar-refractivity contribution in [1.29, 1.82) is 0 Å². The molecule has 156 valence electrons. The number of benzene rings is 2. The zero-order valence-electron chi connectivity index (χ0n) is 16.9. The molecule has 1 N–H and O–H groups in total. The van der Waals surface area contributed by atoms with Crippen molar-refractivity contribution < 1.29 is 33.3 Å². The molecule has 0 aliphatic rings. The number of methoxy groups -OCH3 is 4. The number of nitrogens with one attached hydrogen (secondary N) is 1. The van der Waals surface area contributed by atoms with E-state index in [1.54, 1.807) is 7.11 Å². The van der Waals surface area contributed by atoms with Crippen LogP contribution in [0.25, 0.3) is 0 Å². The van der Waals surface area contributed by atoms with Crippen molar-refractivity contribution >= 4 is 11.9 Å². The summed E-state index contributed by atoms with van der Waals surface area (Å²) in [6.07, 6.45) is 0.594. The summed E-state index contributed by atoms with van der Waals surface area (Å²) in [7, 11) is 5.96. The number of hydrogen-bond donors (Lipinski definition) is 1. The molecular weight excluding hydrogens is 378 g/mol. The number of amides is 1. The Balaban J connectivity index is 1.89. The standard InChI is InChI=1S/C21H25NO7/c1-25-16-8-6-5-7-14(16)9-10-22-19(23)13-29-21(24)15-11-17(26-2)20(28-4)18(12-15)27-3/h5-8,11-12H,9-10,13H2,1-4H3,(H,22,23). The van der Waals surface area contributed by atoms with Gasteiger partial charge in [-0.2, -0.15) is 0 Å². The molecule has 0 bridgehead atoms. The Morgan fingerprint density at radius 3 is 2.07 bits per heavy atom. The molecule has 0 fully saturated rings. The molecule has 0 heterocycles. The number of ether oxygens (including phenoxy) is 5. The maximum atomic E-state index is 12.3. The number of esters is 1. The van der Waals surface area contributed by atoms with Gasteiger partial charge in [0.2, 0.25) is 5.75 Å². The molecule has 0 saturated heterocycles. The Bertz CT molecular complexity index is 826. The second-order valence-corrected chi connectivity index (χ2v) is 5.90. The van der Waals surface area contributed by atoms with E-state index in [1.165, 1.54) is 33.5 Å². The maximum Gasteiger partial charge on any atom is 0.338 e. The first-order chi connectivity index (χ1) is 14.0. The first-order valence-electron chi connectivity index (χ1n) is 8.89. The minimum absolute atomic E-state index is 0.182. The molecule has 0 aromatic heterocycles. The Morgan fingerprint density at radius 2 is 1.48 bits per heavy atom. The van der Waals surface area contributed by atoms with Gasteiger partial charge in [0.25, 0.3) is 5.91 Å². The smallest absolute Gasteiger partial charge is 0.338 e. The van der Waals surface area contributed by atoms with Crippen LogP contribution in [0.5, 0.6) is 23.0 Å². The summed E-state index contributed by atoms with van der Waals surface area (Å²) >= 11 is 0. The van der Waals surface area contributed by atoms with E-state index >= 15 is 0 Å². The summed E-state index contributed by atoms with van der Waals surface area (Å²) in [5.74, 6) is 0.682. The van der Waals surface area contributed by atoms with E-state index in [2.05, 4.69) is 5.32 Å². The highest BCUT2D eigenvalue weighted by molar-refractivity contribution is 5.92. The summed E-state index contributed by atoms with van der Waals surface area (Å²) < 4.78 is 26.0. The van der Waals surface area contributed by atoms with Gasteiger partial charge in [0.1, 0.15) is 5.75 Å². The van der Waals surface area contributed by atoms with Crippen LogP contribution in [0.1, 0.15) is 15.9 Å². The molecule has 0 spiro atoms. The summed E-state index contributed by atoms with van der Waals surface area (Å²) in [6.45, 7) is -0.0116. The monoisotopic (exact) mass is 403 g/mol. The maximum absolute atomic E-state index is 12.3. The van der Waals surface area contributed by atoms with Crippen LogP contribution >= 0.6 is 0 Å². The predicted octanol–water partition coefficient (Wildman–Crippen LogP) is 2.24. The Labute approximate surface area is 169 Å². The lowest BCUT2D eigenvalue weighted by Gasteiger charge is -2.14. The van der Waals surface area contributed by atoms with Crippen molar-refractivity contribution in [2.75, 3.05) is 41.6 Å². The van der Waals surface area contributed by atoms with Crippen LogP contribution in [0, 0.1) is 0 Å². The van der Waals surface area contributed by atoms with Gasteiger partial charge < -0.3 is 29.0 Å². The topological polar surface area (TPSA) is 92.3 Å². The molecular formula is C21H25NO7. The number of rotatable bonds is 10. The third kappa shape index (κ3) is 5.78. The first kappa shape index (κ1) is 21.9. The van der Waals surface area contributed by atoms with Crippen LogP contribution in [0.15, 0.2) is 36.4 Å². The van der Waals surface area contributed by atoms with Crippen molar-refractivity contribution in [2.45, 2.75) is 6.42 Å². The summed E-state index contributed by atoms with van der Waals surface area (Å²) in [5, 5.41) is 2.71. The molecule has 0 saturated carbocycles. The zero-order chi connectivity index (χ0) is 21.2. The lowest BCUT2D eigenvalue weighted by molar-refractivity contribution is -0.124. The molecule has 29 heavy (non-hydrogen) atoms. The Hall–Kier alpha value is -3.42. The average Bonchev–Trinajstić information content (AvgIpc) is 2.76. The molecule has 0 atom stereocenters. The molecule has 1 amide bonds. The predicted molar refractivity (Wildman–Crippen MR) is 106 cm³/mol. The Morgan fingerprint density at radius 1 is 0.862 bits per heavy atom. The van der Waals surface area contributed by atoms with Crippen molar-refractivity contribution in [3.63, 3.8) is 0 Å². The van der Waals surface area contributed by atoms with E-state index in [0.717, 1.165) is 11.3 Å². The molecule has 2 rings (SSSR count). The minimum atomic E-state index is -0.677. The van der Waals surface area contributed by atoms with E-state index < -0.39 is 18.5 Å². The minimum Gasteiger partial charge on any atom is -0.496 e. The third-order valence-corrected chi connectivity index (χ3v) is 4.14. The second-order valence-electron chi connectivity index (χ2n) is 5.90. The SMILES string of the molecule is COc1ccccc1CCNC(=O)COC(=O)c1cc(OC)c(OC)c(OC)c1. The lowest BCUT2D eigenvalue weighted by atomic mass is 10.1. The molecule has 0 aliphatic carbocycles. The zero-order valence-corrected chi connectivity index (χ0v) is 16.9. The highest BCUT2D eigenvalue weighted by Gasteiger charge is 2.18. The van der Waals surface area contributed by atoms with Gasteiger partial charge in [-0.05, 0) is 30.2 Å². The van der Waals surface area contributed by atoms with E-state index in [0.29, 0.717) is 30.2 Å². The number of para-hydroxylation sites is 1. The van der Waals surface area contributed by atoms with E-state index in [4.69, 9.17) is 23.7 Å². The molecule has 0 unspecified atom stereocenters. The lowest BCUT2D eigenvalue weighted by Crippen LogP contribution is -2.30. The molecule has 0 aliphatic heterocycles. The largest absolute Gasteiger partial charge is 0.496 e. The van der Waals surface area contributed by atoms with Crippen LogP contribution in [0.3, 0.4) is 0 Å². The fourth-order valence-electron chi connectivity index (χ4n) is 2.71. The van der Waals surface area contributed by atoms with E-state index in [-0.39, 0.29) is 5.56 Å². The van der Waals surface area contributed by atoms with Crippen LogP contribution < -0.4 is 24.3 Å². The fourth-order valence-corrected chi connectivity index (χ4v) is 2.71. The number of carbonyl (C=O) groups is 2. The highest BCUT2D eigenvalue weighted by atomic mass is 16.5. The quantitative estimate of drug-likeness (QED) is 0.608. The molecule has 8 heteroatoms. The van der Waals surface area contributed by atoms with Gasteiger partial charge in [-0.15, -0.1) is 0 Å². The normalized spacial score (nSPS) is 10.1. The molecule has 0 radical (unpaired) electrons. The highest BCUT2D eigenvalue weighted by Crippen LogP contribution is 2.38.